The molecule has 0 atom stereocenters. The van der Waals surface area contributed by atoms with Crippen molar-refractivity contribution in [1.29, 1.82) is 0 Å². The van der Waals surface area contributed by atoms with Gasteiger partial charge in [0.2, 0.25) is 0 Å². The summed E-state index contributed by atoms with van der Waals surface area (Å²) in [5, 5.41) is 0. The van der Waals surface area contributed by atoms with Crippen LogP contribution in [-0.4, -0.2) is 134 Å². The van der Waals surface area contributed by atoms with Gasteiger partial charge >= 0.3 is 134 Å². The van der Waals surface area contributed by atoms with E-state index < -0.39 is 0 Å². The average Bonchev–Trinajstić information content (AvgIpc) is 2.21. The summed E-state index contributed by atoms with van der Waals surface area (Å²) in [5.41, 5.74) is 0. The van der Waals surface area contributed by atoms with E-state index in [1.54, 1.807) is 0 Å². The van der Waals surface area contributed by atoms with E-state index in [-0.39, 0.29) is 27.3 Å². The second-order valence-corrected chi connectivity index (χ2v) is 8.74. The Balaban J connectivity index is -0.000000218. The molecule has 0 spiro atoms. The van der Waals surface area contributed by atoms with Gasteiger partial charge in [-0.1, -0.05) is 0 Å². The monoisotopic (exact) mass is 696 g/mol. The Hall–Kier alpha value is 2.34. The second-order valence-electron chi connectivity index (χ2n) is 2.88. The van der Waals surface area contributed by atoms with Crippen molar-refractivity contribution in [2.24, 2.45) is 0 Å². The molecule has 0 saturated carbocycles. The van der Waals surface area contributed by atoms with Crippen molar-refractivity contribution in [2.75, 3.05) is 26.2 Å². The summed E-state index contributed by atoms with van der Waals surface area (Å²) in [4.78, 5) is 0. The molecule has 0 amide bonds. The first-order chi connectivity index (χ1) is 7.44. The summed E-state index contributed by atoms with van der Waals surface area (Å²) in [5.74, 6) is 0. The SMILES string of the molecule is CC[N+](CC)=C([Se])[Se].CC[N+](CC)=C([Se])[Se].[Pb]. The second kappa shape index (κ2) is 16.4. The van der Waals surface area contributed by atoms with Crippen LogP contribution in [0.4, 0.5) is 0 Å². The predicted molar refractivity (Wildman–Crippen MR) is 81.5 cm³/mol. The van der Waals surface area contributed by atoms with Crippen LogP contribution in [0.3, 0.4) is 0 Å². The number of rotatable bonds is 4. The Labute approximate surface area is 159 Å². The zero-order valence-corrected chi connectivity index (χ0v) is 21.6. The van der Waals surface area contributed by atoms with E-state index in [1.165, 1.54) is 0 Å². The summed E-state index contributed by atoms with van der Waals surface area (Å²) >= 11 is 11.7. The van der Waals surface area contributed by atoms with Crippen LogP contribution in [-0.2, 0) is 0 Å². The molecular weight excluding hydrogens is 671 g/mol. The maximum Gasteiger partial charge on any atom is 0 e. The van der Waals surface area contributed by atoms with Crippen molar-refractivity contribution in [3.05, 3.63) is 0 Å². The van der Waals surface area contributed by atoms with Crippen molar-refractivity contribution in [3.8, 4) is 0 Å². The van der Waals surface area contributed by atoms with Gasteiger partial charge in [-0.3, -0.25) is 0 Å². The molecule has 0 unspecified atom stereocenters. The van der Waals surface area contributed by atoms with Gasteiger partial charge in [0, 0.05) is 27.3 Å². The van der Waals surface area contributed by atoms with Gasteiger partial charge < -0.3 is 0 Å². The van der Waals surface area contributed by atoms with E-state index in [0.29, 0.717) is 0 Å². The molecule has 0 N–H and O–H groups in total. The summed E-state index contributed by atoms with van der Waals surface area (Å²) < 4.78 is 6.77. The minimum absolute atomic E-state index is 0. The van der Waals surface area contributed by atoms with Gasteiger partial charge in [0.15, 0.2) is 0 Å². The maximum absolute atomic E-state index is 2.93. The zero-order valence-electron chi connectivity index (χ0n) is 10.9. The fourth-order valence-corrected chi connectivity index (χ4v) is 3.13. The average molecular weight is 691 g/mol. The topological polar surface area (TPSA) is 6.02 Å². The van der Waals surface area contributed by atoms with Gasteiger partial charge in [0.1, 0.15) is 0 Å². The normalized spacial score (nSPS) is 8.24. The van der Waals surface area contributed by atoms with Crippen LogP contribution in [0, 0.1) is 0 Å². The summed E-state index contributed by atoms with van der Waals surface area (Å²) in [6.07, 6.45) is 0. The fraction of sp³-hybridized carbons (Fsp3) is 0.800. The zero-order chi connectivity index (χ0) is 13.1. The molecule has 0 fully saturated rings. The molecule has 17 heavy (non-hydrogen) atoms. The number of nitrogens with zero attached hydrogens (tertiary/aromatic N) is 2. The Bertz CT molecular complexity index is 209. The van der Waals surface area contributed by atoms with Crippen LogP contribution in [0.5, 0.6) is 0 Å². The molecule has 0 aliphatic rings. The van der Waals surface area contributed by atoms with Gasteiger partial charge in [-0.2, -0.15) is 0 Å². The molecule has 2 nitrogen and oxygen atoms in total. The molecule has 0 aromatic rings. The van der Waals surface area contributed by atoms with E-state index in [9.17, 15) is 0 Å². The molecule has 0 aromatic carbocycles. The van der Waals surface area contributed by atoms with Crippen molar-refractivity contribution in [1.82, 2.24) is 0 Å². The molecule has 0 bridgehead atoms. The van der Waals surface area contributed by atoms with E-state index in [2.05, 4.69) is 101 Å². The Morgan fingerprint density at radius 3 is 0.824 bits per heavy atom. The number of hydrogen-bond acceptors (Lipinski definition) is 0. The van der Waals surface area contributed by atoms with Crippen molar-refractivity contribution in [3.63, 3.8) is 0 Å². The molecule has 0 saturated heterocycles. The van der Waals surface area contributed by atoms with Crippen LogP contribution < -0.4 is 0 Å². The molecule has 0 aliphatic carbocycles. The standard InChI is InChI=1S/2C5H10NSe2.Pb/c2*1-3-6(4-2)5(7)8;/h2*3-4H2,1-2H3;/q2*+1;. The molecule has 96 valence electrons. The predicted octanol–water partition coefficient (Wildman–Crippen LogP) is -0.917. The van der Waals surface area contributed by atoms with Gasteiger partial charge in [-0.05, 0) is 0 Å². The Morgan fingerprint density at radius 1 is 0.647 bits per heavy atom. The Kier molecular flexibility index (Phi) is 23.5. The van der Waals surface area contributed by atoms with E-state index in [1.807, 2.05) is 0 Å². The van der Waals surface area contributed by atoms with Gasteiger partial charge in [-0.15, -0.1) is 0 Å². The van der Waals surface area contributed by atoms with Crippen LogP contribution in [0.2, 0.25) is 0 Å². The quantitative estimate of drug-likeness (QED) is 0.205. The van der Waals surface area contributed by atoms with Crippen LogP contribution in [0.25, 0.3) is 0 Å². The van der Waals surface area contributed by atoms with Crippen LogP contribution >= 0.6 is 0 Å². The third-order valence-corrected chi connectivity index (χ3v) is 4.21. The number of hydrogen-bond donors (Lipinski definition) is 0. The molecular formula is C10H20N2PbSe4+2. The van der Waals surface area contributed by atoms with Gasteiger partial charge in [0.25, 0.3) is 0 Å². The first kappa shape index (κ1) is 24.4. The molecule has 0 aromatic heterocycles. The van der Waals surface area contributed by atoms with E-state index >= 15 is 0 Å². The molecule has 7 heteroatoms. The summed E-state index contributed by atoms with van der Waals surface area (Å²) in [6.45, 7) is 12.8. The molecule has 0 heterocycles. The largest absolute Gasteiger partial charge is 0 e. The van der Waals surface area contributed by atoms with Crippen molar-refractivity contribution in [2.45, 2.75) is 27.7 Å². The van der Waals surface area contributed by atoms with E-state index in [4.69, 9.17) is 0 Å². The minimum Gasteiger partial charge on any atom is 0 e. The van der Waals surface area contributed by atoms with Crippen LogP contribution in [0.15, 0.2) is 0 Å². The minimum atomic E-state index is 0. The molecule has 8 radical (unpaired) electrons. The first-order valence-corrected chi connectivity index (χ1v) is 8.78. The first-order valence-electron chi connectivity index (χ1n) is 5.36. The third kappa shape index (κ3) is 14.6. The maximum atomic E-state index is 2.93. The van der Waals surface area contributed by atoms with Crippen LogP contribution in [0.1, 0.15) is 27.7 Å². The van der Waals surface area contributed by atoms with Gasteiger partial charge in [0.05, 0.1) is 0 Å². The van der Waals surface area contributed by atoms with Gasteiger partial charge in [-0.25, -0.2) is 0 Å². The Morgan fingerprint density at radius 2 is 0.824 bits per heavy atom. The van der Waals surface area contributed by atoms with Crippen molar-refractivity contribution < 1.29 is 9.15 Å². The van der Waals surface area contributed by atoms with E-state index in [0.717, 1.165) is 33.2 Å². The summed E-state index contributed by atoms with van der Waals surface area (Å²) in [7, 11) is 0. The van der Waals surface area contributed by atoms with Crippen molar-refractivity contribution >= 4 is 98.4 Å². The third-order valence-electron chi connectivity index (χ3n) is 2.04. The molecule has 0 aliphatic heterocycles. The smallest absolute Gasteiger partial charge is 0 e. The molecule has 0 rings (SSSR count). The summed E-state index contributed by atoms with van der Waals surface area (Å²) in [6, 6.07) is 0. The fourth-order valence-electron chi connectivity index (χ4n) is 0.964.